The molecule has 7 heteroatoms. The number of hydrogen-bond donors (Lipinski definition) is 1. The molecule has 6 nitrogen and oxygen atoms in total. The number of amides is 1. The zero-order valence-corrected chi connectivity index (χ0v) is 14.1. The van der Waals surface area contributed by atoms with E-state index in [1.54, 1.807) is 36.4 Å². The largest absolute Gasteiger partial charge is 0.489 e. The van der Waals surface area contributed by atoms with Crippen molar-refractivity contribution >= 4 is 17.7 Å². The van der Waals surface area contributed by atoms with Crippen LogP contribution in [0.4, 0.5) is 4.39 Å². The molecule has 0 fully saturated rings. The summed E-state index contributed by atoms with van der Waals surface area (Å²) in [6.07, 6.45) is -0.674. The Kier molecular flexibility index (Phi) is 6.43. The lowest BCUT2D eigenvalue weighted by molar-refractivity contribution is -0.151. The van der Waals surface area contributed by atoms with Crippen LogP contribution < -0.4 is 4.74 Å². The normalized spacial score (nSPS) is 10.2. The van der Waals surface area contributed by atoms with Crippen molar-refractivity contribution in [2.45, 2.75) is 19.6 Å². The lowest BCUT2D eigenvalue weighted by atomic mass is 10.2. The third kappa shape index (κ3) is 5.70. The Morgan fingerprint density at radius 1 is 1.08 bits per heavy atom. The zero-order chi connectivity index (χ0) is 19.1. The number of hydrogen-bond acceptors (Lipinski definition) is 4. The molecule has 26 heavy (non-hydrogen) atoms. The summed E-state index contributed by atoms with van der Waals surface area (Å²) in [5, 5.41) is 8.55. The van der Waals surface area contributed by atoms with E-state index in [1.165, 1.54) is 24.1 Å². The van der Waals surface area contributed by atoms with Crippen LogP contribution in [0, 0.1) is 5.82 Å². The average molecular weight is 359 g/mol. The third-order valence-corrected chi connectivity index (χ3v) is 3.61. The molecule has 0 saturated carbocycles. The fourth-order valence-electron chi connectivity index (χ4n) is 2.19. The Labute approximate surface area is 149 Å². The highest BCUT2D eigenvalue weighted by Crippen LogP contribution is 2.17. The van der Waals surface area contributed by atoms with Crippen LogP contribution in [-0.2, 0) is 27.5 Å². The van der Waals surface area contributed by atoms with Crippen LogP contribution in [0.25, 0.3) is 0 Å². The van der Waals surface area contributed by atoms with Gasteiger partial charge in [0.15, 0.2) is 0 Å². The molecule has 2 aromatic rings. The van der Waals surface area contributed by atoms with Crippen LogP contribution in [0.2, 0.25) is 0 Å². The molecule has 0 saturated heterocycles. The number of halogens is 1. The molecule has 1 N–H and O–H groups in total. The van der Waals surface area contributed by atoms with Gasteiger partial charge in [-0.3, -0.25) is 9.59 Å². The number of aliphatic carboxylic acids is 1. The summed E-state index contributed by atoms with van der Waals surface area (Å²) >= 11 is 0. The molecule has 0 aliphatic rings. The van der Waals surface area contributed by atoms with E-state index in [4.69, 9.17) is 9.84 Å². The molecule has 2 aromatic carbocycles. The zero-order valence-electron chi connectivity index (χ0n) is 14.1. The number of carboxylic acids is 1. The summed E-state index contributed by atoms with van der Waals surface area (Å²) in [6, 6.07) is 13.0. The van der Waals surface area contributed by atoms with Gasteiger partial charge in [0.1, 0.15) is 18.2 Å². The second kappa shape index (κ2) is 8.75. The summed E-state index contributed by atoms with van der Waals surface area (Å²) in [5.74, 6) is -3.07. The number of carbonyl (C=O) groups is 3. The fraction of sp³-hybridized carbons (Fsp3) is 0.211. The molecular weight excluding hydrogens is 341 g/mol. The second-order valence-electron chi connectivity index (χ2n) is 5.72. The maximum Gasteiger partial charge on any atom is 0.372 e. The number of rotatable bonds is 8. The van der Waals surface area contributed by atoms with E-state index in [1.807, 2.05) is 0 Å². The Bertz CT molecular complexity index is 804. The third-order valence-electron chi connectivity index (χ3n) is 3.61. The molecule has 0 unspecified atom stereocenters. The number of carbonyl (C=O) groups excluding carboxylic acids is 2. The number of nitrogens with zero attached hydrogens (tertiary/aromatic N) is 1. The maximum atomic E-state index is 12.9. The van der Waals surface area contributed by atoms with Crippen molar-refractivity contribution in [3.05, 3.63) is 65.5 Å². The monoisotopic (exact) mass is 359 g/mol. The quantitative estimate of drug-likeness (QED) is 0.578. The topological polar surface area (TPSA) is 83.9 Å². The summed E-state index contributed by atoms with van der Waals surface area (Å²) in [4.78, 5) is 34.8. The van der Waals surface area contributed by atoms with Gasteiger partial charge >= 0.3 is 5.97 Å². The first kappa shape index (κ1) is 19.1. The van der Waals surface area contributed by atoms with Gasteiger partial charge in [0, 0.05) is 13.6 Å². The van der Waals surface area contributed by atoms with Crippen LogP contribution in [0.5, 0.6) is 5.75 Å². The van der Waals surface area contributed by atoms with Gasteiger partial charge in [0.25, 0.3) is 0 Å². The van der Waals surface area contributed by atoms with Gasteiger partial charge in [-0.05, 0) is 35.4 Å². The molecule has 136 valence electrons. The minimum Gasteiger partial charge on any atom is -0.489 e. The summed E-state index contributed by atoms with van der Waals surface area (Å²) in [7, 11) is 1.49. The van der Waals surface area contributed by atoms with Gasteiger partial charge in [-0.25, -0.2) is 9.18 Å². The molecule has 0 aromatic heterocycles. The van der Waals surface area contributed by atoms with Crippen LogP contribution in [0.1, 0.15) is 17.5 Å². The van der Waals surface area contributed by atoms with E-state index in [-0.39, 0.29) is 19.0 Å². The van der Waals surface area contributed by atoms with Crippen molar-refractivity contribution in [2.75, 3.05) is 7.05 Å². The first-order valence-corrected chi connectivity index (χ1v) is 7.81. The Morgan fingerprint density at radius 2 is 1.77 bits per heavy atom. The Hall–Kier alpha value is -3.22. The van der Waals surface area contributed by atoms with Crippen LogP contribution in [-0.4, -0.2) is 34.7 Å². The number of ether oxygens (including phenoxy) is 1. The van der Waals surface area contributed by atoms with E-state index in [0.717, 1.165) is 11.1 Å². The van der Waals surface area contributed by atoms with E-state index in [0.29, 0.717) is 5.75 Å². The van der Waals surface area contributed by atoms with Crippen LogP contribution in [0.15, 0.2) is 48.5 Å². The summed E-state index contributed by atoms with van der Waals surface area (Å²) < 4.78 is 18.5. The van der Waals surface area contributed by atoms with E-state index in [9.17, 15) is 18.8 Å². The smallest absolute Gasteiger partial charge is 0.372 e. The van der Waals surface area contributed by atoms with Gasteiger partial charge in [0.2, 0.25) is 11.7 Å². The molecule has 2 rings (SSSR count). The predicted octanol–water partition coefficient (Wildman–Crippen LogP) is 2.41. The number of carboxylic acid groups (broad SMARTS) is 1. The van der Waals surface area contributed by atoms with Crippen LogP contribution in [0.3, 0.4) is 0 Å². The molecule has 0 heterocycles. The summed E-state index contributed by atoms with van der Waals surface area (Å²) in [6.45, 7) is 0.477. The molecule has 0 aliphatic carbocycles. The maximum absolute atomic E-state index is 12.9. The highest BCUT2D eigenvalue weighted by molar-refractivity contribution is 6.36. The second-order valence-corrected chi connectivity index (χ2v) is 5.72. The molecular formula is C19H18FNO5. The lowest BCUT2D eigenvalue weighted by Gasteiger charge is -2.17. The Balaban J connectivity index is 1.93. The van der Waals surface area contributed by atoms with Crippen molar-refractivity contribution < 1.29 is 28.6 Å². The van der Waals surface area contributed by atoms with E-state index >= 15 is 0 Å². The van der Waals surface area contributed by atoms with Crippen molar-refractivity contribution in [3.63, 3.8) is 0 Å². The SMILES string of the molecule is CN(Cc1cccc(OCc2ccc(F)cc2)c1)C(=O)CC(=O)C(=O)O. The number of ketones is 1. The number of benzene rings is 2. The molecule has 0 aliphatic heterocycles. The minimum absolute atomic E-state index is 0.208. The van der Waals surface area contributed by atoms with E-state index < -0.39 is 24.1 Å². The molecule has 0 atom stereocenters. The van der Waals surface area contributed by atoms with Gasteiger partial charge in [-0.2, -0.15) is 0 Å². The van der Waals surface area contributed by atoms with E-state index in [2.05, 4.69) is 0 Å². The van der Waals surface area contributed by atoms with Crippen molar-refractivity contribution in [3.8, 4) is 5.75 Å². The first-order valence-electron chi connectivity index (χ1n) is 7.81. The van der Waals surface area contributed by atoms with Crippen LogP contribution >= 0.6 is 0 Å². The minimum atomic E-state index is -1.62. The Morgan fingerprint density at radius 3 is 2.42 bits per heavy atom. The molecule has 0 bridgehead atoms. The number of Topliss-reactive ketones (excluding diaryl/α,β-unsaturated/α-hetero) is 1. The van der Waals surface area contributed by atoms with Gasteiger partial charge in [0.05, 0.1) is 6.42 Å². The van der Waals surface area contributed by atoms with Gasteiger partial charge in [-0.15, -0.1) is 0 Å². The predicted molar refractivity (Wildman–Crippen MR) is 90.9 cm³/mol. The standard InChI is InChI=1S/C19H18FNO5/c1-21(18(23)10-17(22)19(24)25)11-14-3-2-4-16(9-14)26-12-13-5-7-15(20)8-6-13/h2-9H,10-12H2,1H3,(H,24,25). The van der Waals surface area contributed by atoms with Crippen molar-refractivity contribution in [1.82, 2.24) is 4.90 Å². The first-order chi connectivity index (χ1) is 12.3. The van der Waals surface area contributed by atoms with Crippen molar-refractivity contribution in [2.24, 2.45) is 0 Å². The molecule has 0 radical (unpaired) electrons. The summed E-state index contributed by atoms with van der Waals surface area (Å²) in [5.41, 5.74) is 1.58. The highest BCUT2D eigenvalue weighted by Gasteiger charge is 2.19. The fourth-order valence-corrected chi connectivity index (χ4v) is 2.19. The van der Waals surface area contributed by atoms with Crippen molar-refractivity contribution in [1.29, 1.82) is 0 Å². The van der Waals surface area contributed by atoms with Gasteiger partial charge < -0.3 is 14.7 Å². The molecule has 1 amide bonds. The van der Waals surface area contributed by atoms with Gasteiger partial charge in [-0.1, -0.05) is 24.3 Å². The average Bonchev–Trinajstić information content (AvgIpc) is 2.61. The lowest BCUT2D eigenvalue weighted by Crippen LogP contribution is -2.30. The highest BCUT2D eigenvalue weighted by atomic mass is 19.1. The molecule has 0 spiro atoms.